The lowest BCUT2D eigenvalue weighted by Gasteiger charge is -2.41. The van der Waals surface area contributed by atoms with Gasteiger partial charge in [0.05, 0.1) is 5.41 Å². The first-order chi connectivity index (χ1) is 7.41. The van der Waals surface area contributed by atoms with E-state index in [1.165, 1.54) is 6.07 Å². The van der Waals surface area contributed by atoms with Crippen molar-refractivity contribution in [1.82, 2.24) is 0 Å². The Morgan fingerprint density at radius 3 is 2.56 bits per heavy atom. The van der Waals surface area contributed by atoms with Gasteiger partial charge in [-0.15, -0.1) is 0 Å². The van der Waals surface area contributed by atoms with Crippen LogP contribution in [0.4, 0.5) is 8.78 Å². The average molecular weight is 226 g/mol. The van der Waals surface area contributed by atoms with Crippen LogP contribution in [-0.4, -0.2) is 11.9 Å². The van der Waals surface area contributed by atoms with Crippen LogP contribution in [0.25, 0.3) is 0 Å². The molecule has 2 nitrogen and oxygen atoms in total. The zero-order valence-corrected chi connectivity index (χ0v) is 9.09. The second kappa shape index (κ2) is 3.54. The first kappa shape index (κ1) is 11.0. The molecule has 0 N–H and O–H groups in total. The maximum Gasteiger partial charge on any atom is 0.167 e. The van der Waals surface area contributed by atoms with Crippen molar-refractivity contribution in [2.45, 2.75) is 26.4 Å². The quantitative estimate of drug-likeness (QED) is 0.775. The van der Waals surface area contributed by atoms with Crippen molar-refractivity contribution in [3.8, 4) is 5.75 Å². The Morgan fingerprint density at radius 2 is 2.06 bits per heavy atom. The second-order valence-corrected chi connectivity index (χ2v) is 4.53. The summed E-state index contributed by atoms with van der Waals surface area (Å²) in [5.41, 5.74) is -0.583. The number of halogens is 2. The molecule has 1 aliphatic carbocycles. The number of benzene rings is 1. The number of hydrogen-bond acceptors (Lipinski definition) is 2. The Bertz CT molecular complexity index is 441. The fourth-order valence-corrected chi connectivity index (χ4v) is 1.65. The van der Waals surface area contributed by atoms with Crippen LogP contribution in [0.5, 0.6) is 5.75 Å². The van der Waals surface area contributed by atoms with Gasteiger partial charge in [-0.2, -0.15) is 0 Å². The molecule has 2 rings (SSSR count). The van der Waals surface area contributed by atoms with E-state index in [-0.39, 0.29) is 24.1 Å². The lowest BCUT2D eigenvalue weighted by Crippen LogP contribution is -2.53. The van der Waals surface area contributed by atoms with Crippen molar-refractivity contribution in [3.05, 3.63) is 29.8 Å². The summed E-state index contributed by atoms with van der Waals surface area (Å²) in [6, 6.07) is 3.14. The van der Waals surface area contributed by atoms with E-state index < -0.39 is 17.0 Å². The highest BCUT2D eigenvalue weighted by atomic mass is 19.1. The molecule has 0 aliphatic heterocycles. The maximum absolute atomic E-state index is 13.3. The monoisotopic (exact) mass is 226 g/mol. The van der Waals surface area contributed by atoms with Gasteiger partial charge in [-0.1, -0.05) is 0 Å². The molecule has 1 saturated carbocycles. The first-order valence-electron chi connectivity index (χ1n) is 5.06. The van der Waals surface area contributed by atoms with Gasteiger partial charge >= 0.3 is 0 Å². The van der Waals surface area contributed by atoms with Gasteiger partial charge < -0.3 is 4.74 Å². The lowest BCUT2D eigenvalue weighted by molar-refractivity contribution is -0.148. The number of carbonyl (C=O) groups excluding carboxylic acids is 1. The molecule has 0 saturated heterocycles. The van der Waals surface area contributed by atoms with Gasteiger partial charge in [0.2, 0.25) is 0 Å². The number of ether oxygens (including phenoxy) is 1. The Kier molecular flexibility index (Phi) is 2.45. The highest BCUT2D eigenvalue weighted by Crippen LogP contribution is 2.39. The van der Waals surface area contributed by atoms with Crippen LogP contribution < -0.4 is 4.74 Å². The van der Waals surface area contributed by atoms with Crippen molar-refractivity contribution in [1.29, 1.82) is 0 Å². The largest absolute Gasteiger partial charge is 0.486 e. The molecule has 0 spiro atoms. The molecular weight excluding hydrogens is 214 g/mol. The smallest absolute Gasteiger partial charge is 0.167 e. The molecule has 1 aromatic rings. The van der Waals surface area contributed by atoms with Crippen LogP contribution >= 0.6 is 0 Å². The van der Waals surface area contributed by atoms with Crippen LogP contribution in [0.15, 0.2) is 18.2 Å². The van der Waals surface area contributed by atoms with Crippen molar-refractivity contribution in [2.75, 3.05) is 0 Å². The van der Waals surface area contributed by atoms with E-state index in [4.69, 9.17) is 4.74 Å². The molecule has 0 bridgehead atoms. The molecule has 1 aliphatic rings. The molecule has 0 heterocycles. The zero-order chi connectivity index (χ0) is 11.9. The SMILES string of the molecule is CC1(C)C(=O)CC1Oc1ccc(F)cc1F. The molecule has 1 fully saturated rings. The highest BCUT2D eigenvalue weighted by Gasteiger charge is 2.49. The van der Waals surface area contributed by atoms with Crippen molar-refractivity contribution in [3.63, 3.8) is 0 Å². The summed E-state index contributed by atoms with van der Waals surface area (Å²) in [7, 11) is 0. The van der Waals surface area contributed by atoms with Gasteiger partial charge in [0.1, 0.15) is 17.7 Å². The van der Waals surface area contributed by atoms with Gasteiger partial charge in [0.25, 0.3) is 0 Å². The van der Waals surface area contributed by atoms with Crippen molar-refractivity contribution >= 4 is 5.78 Å². The van der Waals surface area contributed by atoms with Gasteiger partial charge in [-0.3, -0.25) is 4.79 Å². The molecule has 16 heavy (non-hydrogen) atoms. The molecule has 0 radical (unpaired) electrons. The summed E-state index contributed by atoms with van der Waals surface area (Å²) >= 11 is 0. The van der Waals surface area contributed by atoms with Gasteiger partial charge in [-0.25, -0.2) is 8.78 Å². The Balaban J connectivity index is 2.14. The number of hydrogen-bond donors (Lipinski definition) is 0. The number of Topliss-reactive ketones (excluding diaryl/α,β-unsaturated/α-hetero) is 1. The molecule has 86 valence electrons. The molecule has 1 aromatic carbocycles. The van der Waals surface area contributed by atoms with Crippen molar-refractivity contribution < 1.29 is 18.3 Å². The van der Waals surface area contributed by atoms with Gasteiger partial charge in [-0.05, 0) is 26.0 Å². The summed E-state index contributed by atoms with van der Waals surface area (Å²) < 4.78 is 31.3. The first-order valence-corrected chi connectivity index (χ1v) is 5.06. The number of carbonyl (C=O) groups is 1. The van der Waals surface area contributed by atoms with E-state index in [0.717, 1.165) is 12.1 Å². The highest BCUT2D eigenvalue weighted by molar-refractivity contribution is 5.91. The molecule has 0 aromatic heterocycles. The third-order valence-electron chi connectivity index (χ3n) is 3.06. The van der Waals surface area contributed by atoms with E-state index in [0.29, 0.717) is 0 Å². The van der Waals surface area contributed by atoms with Crippen LogP contribution in [0.3, 0.4) is 0 Å². The van der Waals surface area contributed by atoms with Gasteiger partial charge in [0.15, 0.2) is 11.6 Å². The zero-order valence-electron chi connectivity index (χ0n) is 9.09. The molecule has 4 heteroatoms. The second-order valence-electron chi connectivity index (χ2n) is 4.53. The summed E-state index contributed by atoms with van der Waals surface area (Å²) in [4.78, 5) is 11.3. The predicted octanol–water partition coefficient (Wildman–Crippen LogP) is 2.71. The minimum absolute atomic E-state index is 0.00743. The predicted molar refractivity (Wildman–Crippen MR) is 54.2 cm³/mol. The third kappa shape index (κ3) is 1.68. The summed E-state index contributed by atoms with van der Waals surface area (Å²) in [5.74, 6) is -1.30. The number of ketones is 1. The summed E-state index contributed by atoms with van der Waals surface area (Å²) in [5, 5.41) is 0. The van der Waals surface area contributed by atoms with Crippen LogP contribution in [0.2, 0.25) is 0 Å². The summed E-state index contributed by atoms with van der Waals surface area (Å²) in [6.45, 7) is 3.51. The fraction of sp³-hybridized carbons (Fsp3) is 0.417. The molecular formula is C12H12F2O2. The van der Waals surface area contributed by atoms with E-state index in [1.54, 1.807) is 13.8 Å². The van der Waals surface area contributed by atoms with E-state index in [2.05, 4.69) is 0 Å². The topological polar surface area (TPSA) is 26.3 Å². The van der Waals surface area contributed by atoms with Crippen LogP contribution in [0.1, 0.15) is 20.3 Å². The molecule has 1 unspecified atom stereocenters. The van der Waals surface area contributed by atoms with E-state index in [1.807, 2.05) is 0 Å². The standard InChI is InChI=1S/C12H12F2O2/c1-12(2)10(15)6-11(12)16-9-4-3-7(13)5-8(9)14/h3-5,11H,6H2,1-2H3. The average Bonchev–Trinajstić information content (AvgIpc) is 2.21. The minimum Gasteiger partial charge on any atom is -0.486 e. The Labute approximate surface area is 92.2 Å². The van der Waals surface area contributed by atoms with Crippen molar-refractivity contribution in [2.24, 2.45) is 5.41 Å². The maximum atomic E-state index is 13.3. The fourth-order valence-electron chi connectivity index (χ4n) is 1.65. The summed E-state index contributed by atoms with van der Waals surface area (Å²) in [6.07, 6.45) is -0.0518. The normalized spacial score (nSPS) is 22.8. The van der Waals surface area contributed by atoms with E-state index in [9.17, 15) is 13.6 Å². The van der Waals surface area contributed by atoms with Crippen LogP contribution in [0, 0.1) is 17.0 Å². The molecule has 1 atom stereocenters. The third-order valence-corrected chi connectivity index (χ3v) is 3.06. The van der Waals surface area contributed by atoms with E-state index >= 15 is 0 Å². The lowest BCUT2D eigenvalue weighted by atomic mass is 9.68. The Hall–Kier alpha value is -1.45. The molecule has 0 amide bonds. The number of rotatable bonds is 2. The van der Waals surface area contributed by atoms with Gasteiger partial charge in [0, 0.05) is 12.5 Å². The Morgan fingerprint density at radius 1 is 1.38 bits per heavy atom. The minimum atomic E-state index is -0.741. The van der Waals surface area contributed by atoms with Crippen LogP contribution in [-0.2, 0) is 4.79 Å².